The third-order valence-corrected chi connectivity index (χ3v) is 9.04. The largest absolute Gasteiger partial charge is 0.394 e. The standard InChI is InChI=1S/C40H77NO4/c1-3-5-7-9-11-13-15-17-18-19-20-21-22-23-25-27-29-31-33-35-39(44)41-37(36-42)40(45)38(43)34-32-30-28-26-24-16-14-12-10-8-6-4-2/h12,14,26,28,37-38,40,42-43,45H,3-11,13,15-25,27,29-36H2,1-2H3,(H,41,44)/b14-12+,28-26+. The van der Waals surface area contributed by atoms with Crippen LogP contribution in [0.3, 0.4) is 0 Å². The van der Waals surface area contributed by atoms with Crippen LogP contribution in [0.15, 0.2) is 24.3 Å². The zero-order valence-electron chi connectivity index (χ0n) is 30.0. The number of allylic oxidation sites excluding steroid dienone is 4. The second-order valence-electron chi connectivity index (χ2n) is 13.5. The number of nitrogens with one attached hydrogen (secondary N) is 1. The number of aliphatic hydroxyl groups is 3. The van der Waals surface area contributed by atoms with E-state index < -0.39 is 18.2 Å². The first-order valence-corrected chi connectivity index (χ1v) is 19.6. The van der Waals surface area contributed by atoms with Crippen molar-refractivity contribution in [2.45, 2.75) is 218 Å². The minimum atomic E-state index is -1.16. The lowest BCUT2D eigenvalue weighted by Crippen LogP contribution is -2.50. The van der Waals surface area contributed by atoms with Crippen molar-refractivity contribution in [3.8, 4) is 0 Å². The molecule has 4 N–H and O–H groups in total. The summed E-state index contributed by atoms with van der Waals surface area (Å²) in [6.07, 6.45) is 41.3. The summed E-state index contributed by atoms with van der Waals surface area (Å²) < 4.78 is 0. The van der Waals surface area contributed by atoms with E-state index in [-0.39, 0.29) is 12.5 Å². The number of carbonyl (C=O) groups excluding carboxylic acids is 1. The van der Waals surface area contributed by atoms with E-state index in [9.17, 15) is 20.1 Å². The molecule has 3 atom stereocenters. The molecule has 0 saturated carbocycles. The van der Waals surface area contributed by atoms with Gasteiger partial charge in [0.2, 0.25) is 5.91 Å². The summed E-state index contributed by atoms with van der Waals surface area (Å²) in [7, 11) is 0. The van der Waals surface area contributed by atoms with Gasteiger partial charge in [-0.1, -0.05) is 167 Å². The molecular weight excluding hydrogens is 558 g/mol. The average molecular weight is 636 g/mol. The molecule has 5 heteroatoms. The lowest BCUT2D eigenvalue weighted by Gasteiger charge is -2.26. The molecule has 0 aliphatic rings. The van der Waals surface area contributed by atoms with Gasteiger partial charge in [0.15, 0.2) is 0 Å². The summed E-state index contributed by atoms with van der Waals surface area (Å²) >= 11 is 0. The molecule has 0 aromatic rings. The molecule has 0 aliphatic heterocycles. The maximum absolute atomic E-state index is 12.4. The van der Waals surface area contributed by atoms with Gasteiger partial charge < -0.3 is 20.6 Å². The number of hydrogen-bond donors (Lipinski definition) is 4. The van der Waals surface area contributed by atoms with Crippen molar-refractivity contribution in [3.05, 3.63) is 24.3 Å². The van der Waals surface area contributed by atoms with E-state index in [2.05, 4.69) is 43.5 Å². The highest BCUT2D eigenvalue weighted by Crippen LogP contribution is 2.15. The zero-order valence-corrected chi connectivity index (χ0v) is 30.0. The molecule has 45 heavy (non-hydrogen) atoms. The molecule has 0 fully saturated rings. The average Bonchev–Trinajstić information content (AvgIpc) is 3.04. The van der Waals surface area contributed by atoms with Crippen LogP contribution in [0.2, 0.25) is 0 Å². The molecule has 0 aromatic heterocycles. The third-order valence-electron chi connectivity index (χ3n) is 9.04. The SMILES string of the molecule is CCCCC/C=C/CC/C=C/CCCC(O)C(O)C(CO)NC(=O)CCCCCCCCCCCCCCCCCCCCC. The maximum Gasteiger partial charge on any atom is 0.220 e. The fraction of sp³-hybridized carbons (Fsp3) is 0.875. The van der Waals surface area contributed by atoms with Crippen LogP contribution in [0.4, 0.5) is 0 Å². The topological polar surface area (TPSA) is 89.8 Å². The highest BCUT2D eigenvalue weighted by atomic mass is 16.3. The highest BCUT2D eigenvalue weighted by molar-refractivity contribution is 5.76. The molecule has 5 nitrogen and oxygen atoms in total. The van der Waals surface area contributed by atoms with Gasteiger partial charge in [0.25, 0.3) is 0 Å². The monoisotopic (exact) mass is 636 g/mol. The second-order valence-corrected chi connectivity index (χ2v) is 13.5. The molecule has 0 aliphatic carbocycles. The Balaban J connectivity index is 3.67. The fourth-order valence-electron chi connectivity index (χ4n) is 5.94. The highest BCUT2D eigenvalue weighted by Gasteiger charge is 2.26. The quantitative estimate of drug-likeness (QED) is 0.0412. The Morgan fingerprint density at radius 1 is 0.533 bits per heavy atom. The molecule has 3 unspecified atom stereocenters. The van der Waals surface area contributed by atoms with E-state index in [1.807, 2.05) is 0 Å². The van der Waals surface area contributed by atoms with Crippen LogP contribution in [0.5, 0.6) is 0 Å². The van der Waals surface area contributed by atoms with Gasteiger partial charge in [-0.05, 0) is 51.4 Å². The van der Waals surface area contributed by atoms with Gasteiger partial charge >= 0.3 is 0 Å². The Labute approximate surface area is 280 Å². The van der Waals surface area contributed by atoms with Gasteiger partial charge in [0.05, 0.1) is 18.8 Å². The van der Waals surface area contributed by atoms with E-state index in [0.717, 1.165) is 44.9 Å². The predicted octanol–water partition coefficient (Wildman–Crippen LogP) is 10.7. The normalized spacial score (nSPS) is 14.0. The molecule has 0 spiro atoms. The van der Waals surface area contributed by atoms with Crippen LogP contribution in [0.25, 0.3) is 0 Å². The number of rotatable bonds is 35. The first-order valence-electron chi connectivity index (χ1n) is 19.6. The Morgan fingerprint density at radius 2 is 0.911 bits per heavy atom. The van der Waals surface area contributed by atoms with Crippen molar-refractivity contribution in [1.29, 1.82) is 0 Å². The molecule has 0 saturated heterocycles. The number of aliphatic hydroxyl groups excluding tert-OH is 3. The van der Waals surface area contributed by atoms with Gasteiger partial charge in [0, 0.05) is 6.42 Å². The Kier molecular flexibility index (Phi) is 34.8. The molecule has 0 rings (SSSR count). The zero-order chi connectivity index (χ0) is 33.1. The van der Waals surface area contributed by atoms with Crippen LogP contribution in [0.1, 0.15) is 200 Å². The third kappa shape index (κ3) is 31.2. The van der Waals surface area contributed by atoms with E-state index in [1.165, 1.54) is 128 Å². The maximum atomic E-state index is 12.4. The second kappa shape index (κ2) is 35.7. The summed E-state index contributed by atoms with van der Waals surface area (Å²) in [4.78, 5) is 12.4. The van der Waals surface area contributed by atoms with Crippen molar-refractivity contribution in [2.24, 2.45) is 0 Å². The number of carbonyl (C=O) groups is 1. The molecule has 0 aromatic carbocycles. The van der Waals surface area contributed by atoms with E-state index >= 15 is 0 Å². The molecule has 266 valence electrons. The number of hydrogen-bond acceptors (Lipinski definition) is 4. The number of amides is 1. The summed E-state index contributed by atoms with van der Waals surface area (Å²) in [6.45, 7) is 4.12. The lowest BCUT2D eigenvalue weighted by molar-refractivity contribution is -0.124. The van der Waals surface area contributed by atoms with Crippen molar-refractivity contribution < 1.29 is 20.1 Å². The van der Waals surface area contributed by atoms with Crippen molar-refractivity contribution in [1.82, 2.24) is 5.32 Å². The first-order chi connectivity index (χ1) is 22.1. The Bertz CT molecular complexity index is 665. The van der Waals surface area contributed by atoms with Gasteiger partial charge in [-0.25, -0.2) is 0 Å². The van der Waals surface area contributed by atoms with Gasteiger partial charge in [-0.3, -0.25) is 4.79 Å². The Morgan fingerprint density at radius 3 is 1.36 bits per heavy atom. The molecule has 0 bridgehead atoms. The van der Waals surface area contributed by atoms with E-state index in [1.54, 1.807) is 0 Å². The van der Waals surface area contributed by atoms with Crippen molar-refractivity contribution in [3.63, 3.8) is 0 Å². The first kappa shape index (κ1) is 43.8. The van der Waals surface area contributed by atoms with Gasteiger partial charge in [-0.2, -0.15) is 0 Å². The minimum Gasteiger partial charge on any atom is -0.394 e. The number of unbranched alkanes of at least 4 members (excludes halogenated alkanes) is 23. The van der Waals surface area contributed by atoms with E-state index in [4.69, 9.17) is 0 Å². The van der Waals surface area contributed by atoms with Crippen molar-refractivity contribution in [2.75, 3.05) is 6.61 Å². The van der Waals surface area contributed by atoms with Crippen LogP contribution >= 0.6 is 0 Å². The smallest absolute Gasteiger partial charge is 0.220 e. The Hall–Kier alpha value is -1.17. The van der Waals surface area contributed by atoms with Crippen LogP contribution in [-0.2, 0) is 4.79 Å². The summed E-state index contributed by atoms with van der Waals surface area (Å²) in [5, 5.41) is 33.3. The van der Waals surface area contributed by atoms with Gasteiger partial charge in [0.1, 0.15) is 6.10 Å². The lowest BCUT2D eigenvalue weighted by atomic mass is 10.0. The molecule has 0 heterocycles. The summed E-state index contributed by atoms with van der Waals surface area (Å²) in [6, 6.07) is -0.826. The van der Waals surface area contributed by atoms with Crippen LogP contribution in [-0.4, -0.2) is 46.1 Å². The van der Waals surface area contributed by atoms with Crippen LogP contribution < -0.4 is 5.32 Å². The van der Waals surface area contributed by atoms with Crippen LogP contribution in [0, 0.1) is 0 Å². The summed E-state index contributed by atoms with van der Waals surface area (Å²) in [5.74, 6) is -0.158. The molecule has 0 radical (unpaired) electrons. The molecular formula is C40H77NO4. The van der Waals surface area contributed by atoms with E-state index in [0.29, 0.717) is 12.8 Å². The fourth-order valence-corrected chi connectivity index (χ4v) is 5.94. The van der Waals surface area contributed by atoms with Gasteiger partial charge in [-0.15, -0.1) is 0 Å². The van der Waals surface area contributed by atoms with Crippen molar-refractivity contribution >= 4 is 5.91 Å². The minimum absolute atomic E-state index is 0.158. The summed E-state index contributed by atoms with van der Waals surface area (Å²) in [5.41, 5.74) is 0. The molecule has 1 amide bonds. The predicted molar refractivity (Wildman–Crippen MR) is 195 cm³/mol.